The maximum atomic E-state index is 13.8. The van der Waals surface area contributed by atoms with Crippen LogP contribution in [0.4, 0.5) is 5.69 Å². The van der Waals surface area contributed by atoms with Crippen molar-refractivity contribution in [3.63, 3.8) is 0 Å². The lowest BCUT2D eigenvalue weighted by molar-refractivity contribution is -0.122. The number of carbonyl (C=O) groups excluding carboxylic acids is 2. The van der Waals surface area contributed by atoms with Gasteiger partial charge in [0.05, 0.1) is 38.9 Å². The quantitative estimate of drug-likeness (QED) is 0.352. The van der Waals surface area contributed by atoms with Crippen LogP contribution in [0.3, 0.4) is 0 Å². The smallest absolute Gasteiger partial charge is 0.238 e. The number of allylic oxidation sites excluding steroid dienone is 3. The van der Waals surface area contributed by atoms with Gasteiger partial charge in [0.15, 0.2) is 0 Å². The van der Waals surface area contributed by atoms with Crippen LogP contribution in [0.25, 0.3) is 5.57 Å². The molecule has 3 aromatic carbocycles. The highest BCUT2D eigenvalue weighted by Crippen LogP contribution is 2.59. The van der Waals surface area contributed by atoms with Crippen molar-refractivity contribution in [2.75, 3.05) is 26.2 Å². The Labute approximate surface area is 215 Å². The van der Waals surface area contributed by atoms with Crippen LogP contribution in [0.1, 0.15) is 11.1 Å². The van der Waals surface area contributed by atoms with E-state index in [1.54, 1.807) is 45.6 Å². The van der Waals surface area contributed by atoms with Crippen LogP contribution in [0.15, 0.2) is 90.5 Å². The Morgan fingerprint density at radius 1 is 0.649 bits per heavy atom. The van der Waals surface area contributed by atoms with E-state index in [4.69, 9.17) is 14.2 Å². The van der Waals surface area contributed by atoms with Crippen molar-refractivity contribution in [2.45, 2.75) is 0 Å². The van der Waals surface area contributed by atoms with E-state index in [1.165, 1.54) is 4.90 Å². The fraction of sp³-hybridized carbons (Fsp3) is 0.226. The molecule has 2 aliphatic carbocycles. The molecule has 2 fully saturated rings. The molecule has 6 heteroatoms. The lowest BCUT2D eigenvalue weighted by Gasteiger charge is -2.22. The molecule has 6 rings (SSSR count). The fourth-order valence-electron chi connectivity index (χ4n) is 6.12. The summed E-state index contributed by atoms with van der Waals surface area (Å²) in [5.74, 6) is 0.701. The van der Waals surface area contributed by atoms with Crippen molar-refractivity contribution in [3.05, 3.63) is 102 Å². The van der Waals surface area contributed by atoms with Gasteiger partial charge in [0.2, 0.25) is 11.8 Å². The Hall–Kier alpha value is -4.32. The first-order valence-electron chi connectivity index (χ1n) is 12.3. The number of hydrogen-bond donors (Lipinski definition) is 0. The molecule has 2 amide bonds. The van der Waals surface area contributed by atoms with Crippen LogP contribution >= 0.6 is 0 Å². The van der Waals surface area contributed by atoms with Crippen molar-refractivity contribution >= 4 is 23.1 Å². The molecule has 3 aromatic rings. The van der Waals surface area contributed by atoms with Gasteiger partial charge in [-0.25, -0.2) is 4.90 Å². The van der Waals surface area contributed by atoms with Gasteiger partial charge in [-0.15, -0.1) is 0 Å². The molecule has 4 atom stereocenters. The van der Waals surface area contributed by atoms with Gasteiger partial charge in [0, 0.05) is 17.9 Å². The first-order valence-corrected chi connectivity index (χ1v) is 12.3. The number of methoxy groups -OCH3 is 3. The minimum absolute atomic E-state index is 0.151. The zero-order valence-electron chi connectivity index (χ0n) is 20.9. The third kappa shape index (κ3) is 3.55. The zero-order valence-corrected chi connectivity index (χ0v) is 20.9. The number of imide groups is 1. The minimum atomic E-state index is -0.421. The molecule has 2 bridgehead atoms. The number of fused-ring (bicyclic) bond motifs is 5. The molecule has 0 radical (unpaired) electrons. The largest absolute Gasteiger partial charge is 0.497 e. The summed E-state index contributed by atoms with van der Waals surface area (Å²) >= 11 is 0. The Kier molecular flexibility index (Phi) is 5.60. The molecule has 0 N–H and O–H groups in total. The van der Waals surface area contributed by atoms with Gasteiger partial charge < -0.3 is 14.2 Å². The number of ether oxygens (including phenoxy) is 3. The molecule has 4 unspecified atom stereocenters. The Morgan fingerprint density at radius 2 is 1.14 bits per heavy atom. The number of rotatable bonds is 6. The summed E-state index contributed by atoms with van der Waals surface area (Å²) in [6.07, 6.45) is 4.21. The van der Waals surface area contributed by atoms with E-state index in [-0.39, 0.29) is 23.7 Å². The van der Waals surface area contributed by atoms with Crippen molar-refractivity contribution in [1.82, 2.24) is 0 Å². The molecule has 1 heterocycles. The monoisotopic (exact) mass is 493 g/mol. The lowest BCUT2D eigenvalue weighted by Crippen LogP contribution is -2.33. The maximum absolute atomic E-state index is 13.8. The summed E-state index contributed by atoms with van der Waals surface area (Å²) < 4.78 is 16.1. The highest BCUT2D eigenvalue weighted by molar-refractivity contribution is 6.23. The predicted octanol–water partition coefficient (Wildman–Crippen LogP) is 5.14. The topological polar surface area (TPSA) is 65.1 Å². The van der Waals surface area contributed by atoms with Crippen molar-refractivity contribution in [2.24, 2.45) is 23.7 Å². The van der Waals surface area contributed by atoms with Crippen LogP contribution in [0, 0.1) is 23.7 Å². The van der Waals surface area contributed by atoms with Gasteiger partial charge in [-0.2, -0.15) is 0 Å². The van der Waals surface area contributed by atoms with Crippen LogP contribution in [-0.4, -0.2) is 33.1 Å². The third-order valence-electron chi connectivity index (χ3n) is 7.77. The van der Waals surface area contributed by atoms with E-state index in [0.717, 1.165) is 33.8 Å². The summed E-state index contributed by atoms with van der Waals surface area (Å²) in [4.78, 5) is 28.9. The highest BCUT2D eigenvalue weighted by Gasteiger charge is 2.62. The van der Waals surface area contributed by atoms with Gasteiger partial charge in [-0.1, -0.05) is 42.5 Å². The van der Waals surface area contributed by atoms with E-state index in [9.17, 15) is 9.59 Å². The molecular formula is C31H27NO5. The van der Waals surface area contributed by atoms with E-state index in [0.29, 0.717) is 11.4 Å². The normalized spacial score (nSPS) is 23.4. The van der Waals surface area contributed by atoms with Gasteiger partial charge >= 0.3 is 0 Å². The van der Waals surface area contributed by atoms with E-state index in [1.807, 2.05) is 48.5 Å². The molecule has 6 nitrogen and oxygen atoms in total. The molecule has 1 saturated heterocycles. The number of anilines is 1. The van der Waals surface area contributed by atoms with Crippen molar-refractivity contribution < 1.29 is 23.8 Å². The standard InChI is InChI=1S/C31H27NO5/c1-35-21-11-7-18(8-12-21)26(19-9-13-22(36-2)14-10-19)27-24-15-16-25(27)29-28(24)30(33)32(31(29)34)20-5-4-6-23(17-20)37-3/h4-17,24-25,28-29H,1-3H3. The molecule has 1 aliphatic heterocycles. The third-order valence-corrected chi connectivity index (χ3v) is 7.77. The summed E-state index contributed by atoms with van der Waals surface area (Å²) in [6, 6.07) is 23.0. The highest BCUT2D eigenvalue weighted by atomic mass is 16.5. The number of nitrogens with zero attached hydrogens (tertiary/aromatic N) is 1. The van der Waals surface area contributed by atoms with Crippen LogP contribution in [0.5, 0.6) is 17.2 Å². The van der Waals surface area contributed by atoms with Gasteiger partial charge in [0.25, 0.3) is 0 Å². The Balaban J connectivity index is 1.46. The second kappa shape index (κ2) is 8.96. The van der Waals surface area contributed by atoms with E-state index in [2.05, 4.69) is 12.2 Å². The van der Waals surface area contributed by atoms with Gasteiger partial charge in [0.1, 0.15) is 17.2 Å². The molecule has 1 saturated carbocycles. The SMILES string of the molecule is COc1ccc(C(=C2C3C=CC2C2C(=O)N(c4cccc(OC)c4)C(=O)C32)c2ccc(OC)cc2)cc1. The summed E-state index contributed by atoms with van der Waals surface area (Å²) in [5.41, 5.74) is 4.76. The summed E-state index contributed by atoms with van der Waals surface area (Å²) in [5, 5.41) is 0. The van der Waals surface area contributed by atoms with Crippen LogP contribution in [-0.2, 0) is 9.59 Å². The van der Waals surface area contributed by atoms with Gasteiger partial charge in [-0.3, -0.25) is 9.59 Å². The first kappa shape index (κ1) is 23.1. The number of carbonyl (C=O) groups is 2. The van der Waals surface area contributed by atoms with Crippen molar-refractivity contribution in [3.8, 4) is 17.2 Å². The van der Waals surface area contributed by atoms with Crippen LogP contribution < -0.4 is 19.1 Å². The zero-order chi connectivity index (χ0) is 25.7. The number of benzene rings is 3. The molecule has 0 spiro atoms. The first-order chi connectivity index (χ1) is 18.0. The average Bonchev–Trinajstić information content (AvgIpc) is 3.58. The van der Waals surface area contributed by atoms with E-state index < -0.39 is 11.8 Å². The average molecular weight is 494 g/mol. The molecule has 3 aliphatic rings. The molecule has 186 valence electrons. The lowest BCUT2D eigenvalue weighted by atomic mass is 9.85. The predicted molar refractivity (Wildman–Crippen MR) is 141 cm³/mol. The summed E-state index contributed by atoms with van der Waals surface area (Å²) in [7, 11) is 4.86. The Bertz CT molecular complexity index is 1350. The summed E-state index contributed by atoms with van der Waals surface area (Å²) in [6.45, 7) is 0. The van der Waals surface area contributed by atoms with Crippen molar-refractivity contribution in [1.29, 1.82) is 0 Å². The molecule has 37 heavy (non-hydrogen) atoms. The number of amides is 2. The second-order valence-electron chi connectivity index (χ2n) is 9.49. The molecule has 0 aromatic heterocycles. The van der Waals surface area contributed by atoms with Gasteiger partial charge in [-0.05, 0) is 58.7 Å². The second-order valence-corrected chi connectivity index (χ2v) is 9.49. The number of hydrogen-bond acceptors (Lipinski definition) is 5. The Morgan fingerprint density at radius 3 is 1.59 bits per heavy atom. The maximum Gasteiger partial charge on any atom is 0.238 e. The van der Waals surface area contributed by atoms with Crippen LogP contribution in [0.2, 0.25) is 0 Å². The minimum Gasteiger partial charge on any atom is -0.497 e. The molecular weight excluding hydrogens is 466 g/mol. The fourth-order valence-corrected chi connectivity index (χ4v) is 6.12. The van der Waals surface area contributed by atoms with E-state index >= 15 is 0 Å².